The maximum Gasteiger partial charge on any atom is 0.0706 e. The van der Waals surface area contributed by atoms with E-state index in [2.05, 4.69) is 37.9 Å². The van der Waals surface area contributed by atoms with Gasteiger partial charge in [-0.15, -0.1) is 0 Å². The van der Waals surface area contributed by atoms with Crippen LogP contribution in [0, 0.1) is 5.92 Å². The summed E-state index contributed by atoms with van der Waals surface area (Å²) in [7, 11) is 0. The molecule has 112 valence electrons. The van der Waals surface area contributed by atoms with Gasteiger partial charge in [0.05, 0.1) is 12.2 Å². The molecule has 1 N–H and O–H groups in total. The Morgan fingerprint density at radius 3 is 2.68 bits per heavy atom. The van der Waals surface area contributed by atoms with Crippen molar-refractivity contribution >= 4 is 0 Å². The molecule has 0 amide bonds. The smallest absolute Gasteiger partial charge is 0.0706 e. The van der Waals surface area contributed by atoms with Crippen LogP contribution < -0.4 is 5.32 Å². The van der Waals surface area contributed by atoms with E-state index in [1.165, 1.54) is 32.2 Å². The van der Waals surface area contributed by atoms with Crippen LogP contribution in [-0.2, 0) is 4.74 Å². The second-order valence-corrected chi connectivity index (χ2v) is 6.68. The van der Waals surface area contributed by atoms with Crippen LogP contribution in [0.15, 0.2) is 0 Å². The minimum Gasteiger partial charge on any atom is -0.374 e. The van der Waals surface area contributed by atoms with Gasteiger partial charge in [0.1, 0.15) is 0 Å². The third kappa shape index (κ3) is 4.17. The molecule has 2 fully saturated rings. The van der Waals surface area contributed by atoms with Gasteiger partial charge in [0, 0.05) is 25.2 Å². The van der Waals surface area contributed by atoms with E-state index in [0.717, 1.165) is 19.0 Å². The predicted molar refractivity (Wildman–Crippen MR) is 80.5 cm³/mol. The van der Waals surface area contributed by atoms with Crippen molar-refractivity contribution < 1.29 is 4.74 Å². The molecule has 0 saturated carbocycles. The molecule has 5 atom stereocenters. The predicted octanol–water partition coefficient (Wildman–Crippen LogP) is 2.65. The summed E-state index contributed by atoms with van der Waals surface area (Å²) in [6, 6.07) is 1.33. The fourth-order valence-corrected chi connectivity index (χ4v) is 3.36. The van der Waals surface area contributed by atoms with E-state index in [1.807, 2.05) is 0 Å². The van der Waals surface area contributed by atoms with E-state index in [0.29, 0.717) is 24.3 Å². The van der Waals surface area contributed by atoms with E-state index >= 15 is 0 Å². The van der Waals surface area contributed by atoms with Gasteiger partial charge < -0.3 is 10.1 Å². The summed E-state index contributed by atoms with van der Waals surface area (Å²) in [5.74, 6) is 0.760. The Kier molecular flexibility index (Phi) is 5.67. The van der Waals surface area contributed by atoms with E-state index in [1.54, 1.807) is 0 Å². The van der Waals surface area contributed by atoms with Crippen LogP contribution in [0.1, 0.15) is 53.4 Å². The zero-order valence-corrected chi connectivity index (χ0v) is 13.2. The number of hydrogen-bond donors (Lipinski definition) is 1. The lowest BCUT2D eigenvalue weighted by molar-refractivity contribution is 0.0214. The molecule has 5 unspecified atom stereocenters. The summed E-state index contributed by atoms with van der Waals surface area (Å²) in [4.78, 5) is 2.67. The van der Waals surface area contributed by atoms with Crippen molar-refractivity contribution in [3.05, 3.63) is 0 Å². The summed E-state index contributed by atoms with van der Waals surface area (Å²) >= 11 is 0. The second kappa shape index (κ2) is 7.05. The van der Waals surface area contributed by atoms with Crippen molar-refractivity contribution in [3.8, 4) is 0 Å². The fraction of sp³-hybridized carbons (Fsp3) is 1.00. The number of rotatable bonds is 4. The largest absolute Gasteiger partial charge is 0.374 e. The van der Waals surface area contributed by atoms with E-state index in [-0.39, 0.29) is 0 Å². The molecule has 2 heterocycles. The minimum absolute atomic E-state index is 0.466. The molecule has 0 radical (unpaired) electrons. The fourth-order valence-electron chi connectivity index (χ4n) is 3.36. The zero-order valence-electron chi connectivity index (χ0n) is 13.2. The molecule has 19 heavy (non-hydrogen) atoms. The molecule has 2 aliphatic heterocycles. The minimum atomic E-state index is 0.466. The Morgan fingerprint density at radius 2 is 2.05 bits per heavy atom. The van der Waals surface area contributed by atoms with Gasteiger partial charge in [-0.05, 0) is 45.6 Å². The lowest BCUT2D eigenvalue weighted by atomic mass is 9.98. The van der Waals surface area contributed by atoms with Gasteiger partial charge in [0.15, 0.2) is 0 Å². The lowest BCUT2D eigenvalue weighted by Crippen LogP contribution is -2.46. The first-order valence-corrected chi connectivity index (χ1v) is 8.23. The zero-order chi connectivity index (χ0) is 13.8. The molecule has 0 aromatic carbocycles. The highest BCUT2D eigenvalue weighted by Gasteiger charge is 2.30. The van der Waals surface area contributed by atoms with Gasteiger partial charge in [-0.3, -0.25) is 4.90 Å². The van der Waals surface area contributed by atoms with Crippen molar-refractivity contribution in [2.45, 2.75) is 77.7 Å². The highest BCUT2D eigenvalue weighted by atomic mass is 16.5. The van der Waals surface area contributed by atoms with Crippen LogP contribution in [0.4, 0.5) is 0 Å². The first-order chi connectivity index (χ1) is 9.10. The molecule has 0 aromatic rings. The molecule has 3 nitrogen and oxygen atoms in total. The summed E-state index contributed by atoms with van der Waals surface area (Å²) < 4.78 is 6.01. The van der Waals surface area contributed by atoms with Crippen LogP contribution in [0.2, 0.25) is 0 Å². The molecule has 3 heteroatoms. The van der Waals surface area contributed by atoms with Crippen molar-refractivity contribution in [1.29, 1.82) is 0 Å². The van der Waals surface area contributed by atoms with E-state index in [9.17, 15) is 0 Å². The van der Waals surface area contributed by atoms with Crippen LogP contribution in [0.5, 0.6) is 0 Å². The van der Waals surface area contributed by atoms with Gasteiger partial charge in [-0.1, -0.05) is 20.3 Å². The Morgan fingerprint density at radius 1 is 1.26 bits per heavy atom. The van der Waals surface area contributed by atoms with Crippen molar-refractivity contribution in [3.63, 3.8) is 0 Å². The molecule has 2 saturated heterocycles. The number of nitrogens with one attached hydrogen (secondary N) is 1. The molecule has 0 aromatic heterocycles. The van der Waals surface area contributed by atoms with Gasteiger partial charge in [-0.25, -0.2) is 0 Å². The van der Waals surface area contributed by atoms with Gasteiger partial charge in [0.25, 0.3) is 0 Å². The topological polar surface area (TPSA) is 24.5 Å². The van der Waals surface area contributed by atoms with E-state index < -0.39 is 0 Å². The number of nitrogens with zero attached hydrogens (tertiary/aromatic N) is 1. The van der Waals surface area contributed by atoms with Crippen molar-refractivity contribution in [1.82, 2.24) is 10.2 Å². The Labute approximate surface area is 119 Å². The third-order valence-corrected chi connectivity index (χ3v) is 5.11. The molecule has 2 aliphatic rings. The molecular weight excluding hydrogens is 236 g/mol. The van der Waals surface area contributed by atoms with Crippen LogP contribution in [0.3, 0.4) is 0 Å². The average Bonchev–Trinajstić information content (AvgIpc) is 2.71. The maximum atomic E-state index is 6.01. The van der Waals surface area contributed by atoms with Crippen LogP contribution in [0.25, 0.3) is 0 Å². The summed E-state index contributed by atoms with van der Waals surface area (Å²) in [5.41, 5.74) is 0. The van der Waals surface area contributed by atoms with Crippen molar-refractivity contribution in [2.24, 2.45) is 5.92 Å². The summed E-state index contributed by atoms with van der Waals surface area (Å²) in [5, 5.41) is 3.74. The van der Waals surface area contributed by atoms with Crippen LogP contribution in [-0.4, -0.2) is 48.8 Å². The normalized spacial score (nSPS) is 39.2. The Hall–Kier alpha value is -0.120. The quantitative estimate of drug-likeness (QED) is 0.848. The number of hydrogen-bond acceptors (Lipinski definition) is 3. The van der Waals surface area contributed by atoms with Gasteiger partial charge >= 0.3 is 0 Å². The monoisotopic (exact) mass is 268 g/mol. The Bertz CT molecular complexity index is 271. The molecular formula is C16H32N2O. The van der Waals surface area contributed by atoms with Crippen LogP contribution >= 0.6 is 0 Å². The molecule has 0 aliphatic carbocycles. The summed E-state index contributed by atoms with van der Waals surface area (Å²) in [6.07, 6.45) is 5.93. The second-order valence-electron chi connectivity index (χ2n) is 6.68. The first-order valence-electron chi connectivity index (χ1n) is 8.23. The molecule has 0 spiro atoms. The molecule has 2 rings (SSSR count). The highest BCUT2D eigenvalue weighted by Crippen LogP contribution is 2.23. The maximum absolute atomic E-state index is 6.01. The standard InChI is InChI=1S/C16H32N2O/c1-5-12(2)16-11-18(13(3)8-9-17-16)10-15-7-6-14(4)19-15/h12-17H,5-11H2,1-4H3. The van der Waals surface area contributed by atoms with E-state index in [4.69, 9.17) is 4.74 Å². The Balaban J connectivity index is 1.91. The SMILES string of the molecule is CCC(C)C1CN(CC2CCC(C)O2)C(C)CCN1. The first kappa shape index (κ1) is 15.3. The third-order valence-electron chi connectivity index (χ3n) is 5.11. The van der Waals surface area contributed by atoms with Gasteiger partial charge in [0.2, 0.25) is 0 Å². The van der Waals surface area contributed by atoms with Crippen molar-refractivity contribution in [2.75, 3.05) is 19.6 Å². The summed E-state index contributed by atoms with van der Waals surface area (Å²) in [6.45, 7) is 12.7. The lowest BCUT2D eigenvalue weighted by Gasteiger charge is -2.33. The number of ether oxygens (including phenoxy) is 1. The highest BCUT2D eigenvalue weighted by molar-refractivity contribution is 4.86. The van der Waals surface area contributed by atoms with Gasteiger partial charge in [-0.2, -0.15) is 0 Å². The average molecular weight is 268 g/mol. The molecule has 0 bridgehead atoms.